The summed E-state index contributed by atoms with van der Waals surface area (Å²) in [5.74, 6) is 0. The molecule has 0 radical (unpaired) electrons. The molecule has 0 aromatic heterocycles. The van der Waals surface area contributed by atoms with Gasteiger partial charge in [-0.05, 0) is 152 Å². The van der Waals surface area contributed by atoms with Crippen LogP contribution in [0.2, 0.25) is 0 Å². The molecule has 0 saturated heterocycles. The van der Waals surface area contributed by atoms with Crippen molar-refractivity contribution in [3.63, 3.8) is 0 Å². The van der Waals surface area contributed by atoms with Gasteiger partial charge in [-0.2, -0.15) is 0 Å². The van der Waals surface area contributed by atoms with E-state index in [0.29, 0.717) is 35.8 Å². The van der Waals surface area contributed by atoms with E-state index in [0.717, 1.165) is 0 Å². The highest BCUT2D eigenvalue weighted by Gasteiger charge is 2.26. The summed E-state index contributed by atoms with van der Waals surface area (Å²) >= 11 is 26.6. The monoisotopic (exact) mass is 1010 g/mol. The molecule has 0 aliphatic carbocycles. The van der Waals surface area contributed by atoms with E-state index in [1.807, 2.05) is 0 Å². The Bertz CT molecular complexity index is 1420. The first kappa shape index (κ1) is 29.6. The number of hydrogen-bond donors (Lipinski definition) is 2. The molecule has 0 bridgehead atoms. The SMILES string of the molecule is O=S(=O)(Nc1ccccc1NS(=O)(=O)c1cc(Br)c(Br)c(Br)c1Br)c1cc(Br)c(Br)c(Br)c1Br. The Hall–Kier alpha value is 1.00. The van der Waals surface area contributed by atoms with E-state index >= 15 is 0 Å². The molecule has 0 spiro atoms. The van der Waals surface area contributed by atoms with Crippen molar-refractivity contribution in [2.45, 2.75) is 9.79 Å². The summed E-state index contributed by atoms with van der Waals surface area (Å²) in [6.45, 7) is 0. The highest BCUT2D eigenvalue weighted by molar-refractivity contribution is 9.15. The van der Waals surface area contributed by atoms with Crippen molar-refractivity contribution in [3.8, 4) is 0 Å². The maximum absolute atomic E-state index is 13.2. The highest BCUT2D eigenvalue weighted by Crippen LogP contribution is 2.43. The van der Waals surface area contributed by atoms with Crippen LogP contribution in [0.15, 0.2) is 82.0 Å². The second-order valence-corrected chi connectivity index (χ2v) is 16.1. The van der Waals surface area contributed by atoms with Crippen LogP contribution in [0, 0.1) is 0 Å². The summed E-state index contributed by atoms with van der Waals surface area (Å²) < 4.78 is 61.6. The third-order valence-electron chi connectivity index (χ3n) is 4.13. The van der Waals surface area contributed by atoms with Crippen molar-refractivity contribution in [2.24, 2.45) is 0 Å². The normalized spacial score (nSPS) is 12.0. The molecule has 0 aliphatic heterocycles. The third-order valence-corrected chi connectivity index (χ3v) is 16.8. The number of nitrogens with one attached hydrogen (secondary N) is 2. The molecule has 3 rings (SSSR count). The van der Waals surface area contributed by atoms with Gasteiger partial charge in [-0.1, -0.05) is 12.1 Å². The molecule has 0 unspecified atom stereocenters. The summed E-state index contributed by atoms with van der Waals surface area (Å²) in [7, 11) is -8.24. The number of hydrogen-bond acceptors (Lipinski definition) is 4. The number of para-hydroxylation sites is 2. The van der Waals surface area contributed by atoms with E-state index in [2.05, 4.69) is 137 Å². The Balaban J connectivity index is 2.04. The van der Waals surface area contributed by atoms with Crippen LogP contribution in [-0.4, -0.2) is 16.8 Å². The summed E-state index contributed by atoms with van der Waals surface area (Å²) in [5.41, 5.74) is 0.0824. The number of halogens is 8. The Kier molecular flexibility index (Phi) is 9.91. The van der Waals surface area contributed by atoms with Crippen molar-refractivity contribution >= 4 is 159 Å². The van der Waals surface area contributed by atoms with E-state index in [-0.39, 0.29) is 21.2 Å². The number of rotatable bonds is 6. The van der Waals surface area contributed by atoms with E-state index < -0.39 is 20.0 Å². The van der Waals surface area contributed by atoms with E-state index in [1.165, 1.54) is 24.3 Å². The minimum Gasteiger partial charge on any atom is -0.277 e. The van der Waals surface area contributed by atoms with Crippen LogP contribution in [0.5, 0.6) is 0 Å². The van der Waals surface area contributed by atoms with Crippen LogP contribution < -0.4 is 9.44 Å². The molecular weight excluding hydrogens is 1010 g/mol. The van der Waals surface area contributed by atoms with Crippen LogP contribution in [0.1, 0.15) is 0 Å². The summed E-state index contributed by atoms with van der Waals surface area (Å²) in [6, 6.07) is 8.91. The van der Waals surface area contributed by atoms with Gasteiger partial charge in [0.2, 0.25) is 0 Å². The Morgan fingerprint density at radius 2 is 0.824 bits per heavy atom. The fourth-order valence-electron chi connectivity index (χ4n) is 2.55. The third kappa shape index (κ3) is 6.17. The lowest BCUT2D eigenvalue weighted by Gasteiger charge is -2.17. The largest absolute Gasteiger partial charge is 0.277 e. The van der Waals surface area contributed by atoms with Gasteiger partial charge < -0.3 is 0 Å². The van der Waals surface area contributed by atoms with Crippen molar-refractivity contribution in [3.05, 3.63) is 72.2 Å². The molecule has 34 heavy (non-hydrogen) atoms. The lowest BCUT2D eigenvalue weighted by Crippen LogP contribution is -2.18. The predicted octanol–water partition coefficient (Wildman–Crippen LogP) is 9.39. The maximum atomic E-state index is 13.2. The molecule has 0 saturated carbocycles. The Labute approximate surface area is 263 Å². The second kappa shape index (κ2) is 11.4. The maximum Gasteiger partial charge on any atom is 0.263 e. The molecule has 0 atom stereocenters. The number of benzene rings is 3. The first-order valence-electron chi connectivity index (χ1n) is 8.48. The topological polar surface area (TPSA) is 92.3 Å². The van der Waals surface area contributed by atoms with E-state index in [4.69, 9.17) is 0 Å². The van der Waals surface area contributed by atoms with E-state index in [1.54, 1.807) is 12.1 Å². The zero-order chi connectivity index (χ0) is 25.6. The number of sulfonamides is 2. The molecule has 16 heteroatoms. The van der Waals surface area contributed by atoms with Crippen LogP contribution in [-0.2, 0) is 20.0 Å². The fourth-order valence-corrected chi connectivity index (χ4v) is 10.8. The van der Waals surface area contributed by atoms with Crippen molar-refractivity contribution in [2.75, 3.05) is 9.44 Å². The first-order chi connectivity index (χ1) is 15.7. The first-order valence-corrected chi connectivity index (χ1v) is 17.8. The summed E-state index contributed by atoms with van der Waals surface area (Å²) in [5, 5.41) is 0. The van der Waals surface area contributed by atoms with Crippen LogP contribution >= 0.6 is 127 Å². The Morgan fingerprint density at radius 1 is 0.500 bits per heavy atom. The lowest BCUT2D eigenvalue weighted by atomic mass is 10.3. The Morgan fingerprint density at radius 3 is 1.15 bits per heavy atom. The molecule has 182 valence electrons. The quantitative estimate of drug-likeness (QED) is 0.190. The van der Waals surface area contributed by atoms with Crippen LogP contribution in [0.4, 0.5) is 11.4 Å². The molecular formula is C18H8Br8N2O4S2. The van der Waals surface area contributed by atoms with Gasteiger partial charge in [-0.15, -0.1) is 0 Å². The van der Waals surface area contributed by atoms with Gasteiger partial charge >= 0.3 is 0 Å². The lowest BCUT2D eigenvalue weighted by molar-refractivity contribution is 0.598. The minimum atomic E-state index is -4.12. The minimum absolute atomic E-state index is 0.0412. The van der Waals surface area contributed by atoms with Crippen molar-refractivity contribution in [1.29, 1.82) is 0 Å². The average Bonchev–Trinajstić information content (AvgIpc) is 2.76. The van der Waals surface area contributed by atoms with Crippen molar-refractivity contribution in [1.82, 2.24) is 0 Å². The number of anilines is 2. The van der Waals surface area contributed by atoms with Gasteiger partial charge in [0.25, 0.3) is 20.0 Å². The van der Waals surface area contributed by atoms with Gasteiger partial charge in [-0.3, -0.25) is 9.44 Å². The van der Waals surface area contributed by atoms with Gasteiger partial charge in [0.1, 0.15) is 9.79 Å². The zero-order valence-electron chi connectivity index (χ0n) is 15.9. The molecule has 6 nitrogen and oxygen atoms in total. The molecule has 2 N–H and O–H groups in total. The molecule has 3 aromatic rings. The molecule has 0 aliphatic rings. The zero-order valence-corrected chi connectivity index (χ0v) is 30.3. The predicted molar refractivity (Wildman–Crippen MR) is 163 cm³/mol. The summed E-state index contributed by atoms with van der Waals surface area (Å²) in [4.78, 5) is -0.119. The van der Waals surface area contributed by atoms with Gasteiger partial charge in [-0.25, -0.2) is 16.8 Å². The van der Waals surface area contributed by atoms with Gasteiger partial charge in [0.05, 0.1) is 20.3 Å². The average molecular weight is 1020 g/mol. The van der Waals surface area contributed by atoms with Crippen LogP contribution in [0.3, 0.4) is 0 Å². The fraction of sp³-hybridized carbons (Fsp3) is 0. The van der Waals surface area contributed by atoms with Crippen LogP contribution in [0.25, 0.3) is 0 Å². The summed E-state index contributed by atoms with van der Waals surface area (Å²) in [6.07, 6.45) is 0. The molecule has 0 fully saturated rings. The molecule has 0 heterocycles. The standard InChI is InChI=1S/C18H8Br8N2O4S2/c19-7-5-11(15(23)17(25)13(7)21)33(29,30)27-9-3-1-2-4-10(9)28-34(31,32)12-6-8(20)14(22)18(26)16(12)24/h1-6,27-28H. The molecule has 0 amide bonds. The molecule has 3 aromatic carbocycles. The highest BCUT2D eigenvalue weighted by atomic mass is 79.9. The second-order valence-electron chi connectivity index (χ2n) is 6.35. The van der Waals surface area contributed by atoms with E-state index in [9.17, 15) is 16.8 Å². The van der Waals surface area contributed by atoms with Gasteiger partial charge in [0, 0.05) is 26.8 Å². The smallest absolute Gasteiger partial charge is 0.263 e. The van der Waals surface area contributed by atoms with Crippen molar-refractivity contribution < 1.29 is 16.8 Å². The van der Waals surface area contributed by atoms with Gasteiger partial charge in [0.15, 0.2) is 0 Å².